The molecule has 20 heavy (non-hydrogen) atoms. The van der Waals surface area contributed by atoms with Gasteiger partial charge in [0.25, 0.3) is 0 Å². The average molecular weight is 271 g/mol. The first-order valence-electron chi connectivity index (χ1n) is 7.29. The second-order valence-corrected chi connectivity index (χ2v) is 5.99. The quantitative estimate of drug-likeness (QED) is 0.908. The van der Waals surface area contributed by atoms with E-state index in [0.29, 0.717) is 0 Å². The molecule has 0 aliphatic carbocycles. The number of nitrogens with zero attached hydrogens (tertiary/aromatic N) is 2. The summed E-state index contributed by atoms with van der Waals surface area (Å²) >= 11 is 0. The van der Waals surface area contributed by atoms with Crippen molar-refractivity contribution in [3.8, 4) is 0 Å². The van der Waals surface area contributed by atoms with Gasteiger partial charge < -0.3 is 5.73 Å². The molecule has 0 saturated heterocycles. The highest BCUT2D eigenvalue weighted by Gasteiger charge is 2.29. The minimum absolute atomic E-state index is 0.0575. The topological polar surface area (TPSA) is 43.8 Å². The first kappa shape index (κ1) is 14.8. The molecular formula is C17H25N3. The zero-order chi connectivity index (χ0) is 14.8. The molecule has 2 N–H and O–H groups in total. The van der Waals surface area contributed by atoms with Gasteiger partial charge in [0, 0.05) is 30.1 Å². The summed E-state index contributed by atoms with van der Waals surface area (Å²) in [6.07, 6.45) is 0.844. The van der Waals surface area contributed by atoms with Crippen LogP contribution in [0.3, 0.4) is 0 Å². The first-order chi connectivity index (χ1) is 9.45. The summed E-state index contributed by atoms with van der Waals surface area (Å²) in [6.45, 7) is 9.47. The van der Waals surface area contributed by atoms with E-state index in [0.717, 1.165) is 18.7 Å². The fourth-order valence-corrected chi connectivity index (χ4v) is 2.60. The molecule has 0 amide bonds. The van der Waals surface area contributed by atoms with Gasteiger partial charge >= 0.3 is 0 Å². The zero-order valence-electron chi connectivity index (χ0n) is 12.9. The Labute approximate surface area is 121 Å². The Morgan fingerprint density at radius 1 is 1.25 bits per heavy atom. The molecule has 1 aromatic heterocycles. The highest BCUT2D eigenvalue weighted by Crippen LogP contribution is 2.27. The Balaban J connectivity index is 2.20. The molecule has 2 rings (SSSR count). The van der Waals surface area contributed by atoms with E-state index < -0.39 is 0 Å². The highest BCUT2D eigenvalue weighted by atomic mass is 15.3. The lowest BCUT2D eigenvalue weighted by molar-refractivity contribution is 0.397. The molecule has 108 valence electrons. The van der Waals surface area contributed by atoms with Gasteiger partial charge in [0.15, 0.2) is 0 Å². The maximum atomic E-state index is 6.51. The molecule has 0 bridgehead atoms. The Bertz CT molecular complexity index is 555. The molecule has 0 fully saturated rings. The third-order valence-corrected chi connectivity index (χ3v) is 4.16. The predicted molar refractivity (Wildman–Crippen MR) is 83.8 cm³/mol. The van der Waals surface area contributed by atoms with Crippen LogP contribution in [-0.2, 0) is 18.4 Å². The third kappa shape index (κ3) is 2.93. The van der Waals surface area contributed by atoms with Gasteiger partial charge in [0.1, 0.15) is 0 Å². The molecule has 1 aromatic carbocycles. The molecule has 3 heteroatoms. The van der Waals surface area contributed by atoms with E-state index >= 15 is 0 Å². The van der Waals surface area contributed by atoms with Gasteiger partial charge in [0.05, 0.1) is 5.69 Å². The van der Waals surface area contributed by atoms with Crippen molar-refractivity contribution in [1.82, 2.24) is 9.78 Å². The Morgan fingerprint density at radius 3 is 2.50 bits per heavy atom. The van der Waals surface area contributed by atoms with Gasteiger partial charge in [-0.25, -0.2) is 0 Å². The van der Waals surface area contributed by atoms with Crippen LogP contribution in [0, 0.1) is 6.92 Å². The lowest BCUT2D eigenvalue weighted by Crippen LogP contribution is -2.42. The normalized spacial score (nSPS) is 13.4. The number of nitrogens with two attached hydrogens (primary N) is 1. The summed E-state index contributed by atoms with van der Waals surface area (Å²) in [7, 11) is 0. The maximum absolute atomic E-state index is 6.51. The van der Waals surface area contributed by atoms with Crippen LogP contribution in [0.5, 0.6) is 0 Å². The molecular weight excluding hydrogens is 246 g/mol. The number of aryl methyl sites for hydroxylation is 2. The van der Waals surface area contributed by atoms with Crippen molar-refractivity contribution in [1.29, 1.82) is 0 Å². The fourth-order valence-electron chi connectivity index (χ4n) is 2.60. The minimum Gasteiger partial charge on any atom is -0.327 e. The van der Waals surface area contributed by atoms with Crippen molar-refractivity contribution in [2.45, 2.75) is 52.1 Å². The van der Waals surface area contributed by atoms with Crippen LogP contribution >= 0.6 is 0 Å². The van der Waals surface area contributed by atoms with Crippen LogP contribution in [0.1, 0.15) is 37.7 Å². The van der Waals surface area contributed by atoms with E-state index in [1.165, 1.54) is 11.3 Å². The molecule has 1 unspecified atom stereocenters. The van der Waals surface area contributed by atoms with Gasteiger partial charge in [0.2, 0.25) is 0 Å². The second-order valence-electron chi connectivity index (χ2n) is 5.99. The standard InChI is InChI=1S/C17H25N3/c1-5-20-15(11-13(2)19-20)12-16(18)17(3,4)14-9-7-6-8-10-14/h6-11,16H,5,12,18H2,1-4H3. The monoisotopic (exact) mass is 271 g/mol. The van der Waals surface area contributed by atoms with E-state index in [9.17, 15) is 0 Å². The van der Waals surface area contributed by atoms with Crippen molar-refractivity contribution in [3.63, 3.8) is 0 Å². The van der Waals surface area contributed by atoms with Gasteiger partial charge in [-0.05, 0) is 25.5 Å². The average Bonchev–Trinajstić information content (AvgIpc) is 2.79. The summed E-state index contributed by atoms with van der Waals surface area (Å²) in [6, 6.07) is 12.7. The van der Waals surface area contributed by atoms with Crippen LogP contribution in [0.2, 0.25) is 0 Å². The first-order valence-corrected chi connectivity index (χ1v) is 7.29. The van der Waals surface area contributed by atoms with Gasteiger partial charge in [-0.3, -0.25) is 4.68 Å². The van der Waals surface area contributed by atoms with Gasteiger partial charge in [-0.1, -0.05) is 44.2 Å². The van der Waals surface area contributed by atoms with Crippen LogP contribution in [0.15, 0.2) is 36.4 Å². The Morgan fingerprint density at radius 2 is 1.90 bits per heavy atom. The van der Waals surface area contributed by atoms with Crippen LogP contribution in [0.25, 0.3) is 0 Å². The fraction of sp³-hybridized carbons (Fsp3) is 0.471. The van der Waals surface area contributed by atoms with Crippen molar-refractivity contribution in [2.24, 2.45) is 5.73 Å². The lowest BCUT2D eigenvalue weighted by atomic mass is 9.76. The summed E-state index contributed by atoms with van der Waals surface area (Å²) in [4.78, 5) is 0. The number of aromatic nitrogens is 2. The minimum atomic E-state index is -0.0575. The van der Waals surface area contributed by atoms with Crippen molar-refractivity contribution in [3.05, 3.63) is 53.3 Å². The molecule has 0 aliphatic heterocycles. The van der Waals surface area contributed by atoms with Crippen molar-refractivity contribution >= 4 is 0 Å². The molecule has 2 aromatic rings. The molecule has 3 nitrogen and oxygen atoms in total. The SMILES string of the molecule is CCn1nc(C)cc1CC(N)C(C)(C)c1ccccc1. The van der Waals surface area contributed by atoms with E-state index in [4.69, 9.17) is 5.73 Å². The van der Waals surface area contributed by atoms with Crippen LogP contribution in [0.4, 0.5) is 0 Å². The maximum Gasteiger partial charge on any atom is 0.0596 e. The molecule has 1 heterocycles. The van der Waals surface area contributed by atoms with Gasteiger partial charge in [-0.15, -0.1) is 0 Å². The molecule has 0 saturated carbocycles. The molecule has 0 radical (unpaired) electrons. The summed E-state index contributed by atoms with van der Waals surface area (Å²) in [5.74, 6) is 0. The number of hydrogen-bond acceptors (Lipinski definition) is 2. The summed E-state index contributed by atoms with van der Waals surface area (Å²) < 4.78 is 2.05. The number of rotatable bonds is 5. The Kier molecular flexibility index (Phi) is 4.29. The predicted octanol–water partition coefficient (Wildman–Crippen LogP) is 3.06. The molecule has 0 aliphatic rings. The lowest BCUT2D eigenvalue weighted by Gasteiger charge is -2.32. The smallest absolute Gasteiger partial charge is 0.0596 e. The third-order valence-electron chi connectivity index (χ3n) is 4.16. The number of hydrogen-bond donors (Lipinski definition) is 1. The second kappa shape index (κ2) is 5.80. The van der Waals surface area contributed by atoms with E-state index in [1.807, 2.05) is 13.0 Å². The van der Waals surface area contributed by atoms with Crippen LogP contribution in [-0.4, -0.2) is 15.8 Å². The van der Waals surface area contributed by atoms with E-state index in [-0.39, 0.29) is 11.5 Å². The highest BCUT2D eigenvalue weighted by molar-refractivity contribution is 5.26. The Hall–Kier alpha value is -1.61. The van der Waals surface area contributed by atoms with E-state index in [1.54, 1.807) is 0 Å². The molecule has 1 atom stereocenters. The van der Waals surface area contributed by atoms with Crippen LogP contribution < -0.4 is 5.73 Å². The van der Waals surface area contributed by atoms with E-state index in [2.05, 4.69) is 60.9 Å². The van der Waals surface area contributed by atoms with Crippen molar-refractivity contribution < 1.29 is 0 Å². The largest absolute Gasteiger partial charge is 0.327 e. The zero-order valence-corrected chi connectivity index (χ0v) is 12.9. The molecule has 0 spiro atoms. The summed E-state index contributed by atoms with van der Waals surface area (Å²) in [5, 5.41) is 4.50. The number of benzene rings is 1. The van der Waals surface area contributed by atoms with Crippen molar-refractivity contribution in [2.75, 3.05) is 0 Å². The summed E-state index contributed by atoms with van der Waals surface area (Å²) in [5.41, 5.74) is 10.0. The van der Waals surface area contributed by atoms with Gasteiger partial charge in [-0.2, -0.15) is 5.10 Å².